The molecule has 194 valence electrons. The van der Waals surface area contributed by atoms with Crippen molar-refractivity contribution in [1.82, 2.24) is 9.47 Å². The summed E-state index contributed by atoms with van der Waals surface area (Å²) in [6.45, 7) is 3.55. The van der Waals surface area contributed by atoms with Crippen LogP contribution >= 0.6 is 0 Å². The highest BCUT2D eigenvalue weighted by Crippen LogP contribution is 2.33. The van der Waals surface area contributed by atoms with Crippen molar-refractivity contribution in [2.75, 3.05) is 36.0 Å². The molecule has 1 aromatic heterocycles. The van der Waals surface area contributed by atoms with E-state index in [4.69, 9.17) is 11.5 Å². The van der Waals surface area contributed by atoms with Crippen LogP contribution in [0.25, 0.3) is 0 Å². The van der Waals surface area contributed by atoms with Gasteiger partial charge in [-0.1, -0.05) is 12.1 Å². The summed E-state index contributed by atoms with van der Waals surface area (Å²) in [5.74, 6) is -1.70. The van der Waals surface area contributed by atoms with Gasteiger partial charge in [0.25, 0.3) is 5.91 Å². The lowest BCUT2D eigenvalue weighted by molar-refractivity contribution is -0.186. The molecule has 0 bridgehead atoms. The molecule has 6 N–H and O–H groups in total. The Kier molecular flexibility index (Phi) is 7.25. The molecule has 0 radical (unpaired) electrons. The number of carbonyl (C=O) groups is 1. The second-order valence-electron chi connectivity index (χ2n) is 9.06. The van der Waals surface area contributed by atoms with E-state index in [0.717, 1.165) is 11.3 Å². The highest BCUT2D eigenvalue weighted by molar-refractivity contribution is 6.01. The Hall–Kier alpha value is -3.54. The first-order valence-corrected chi connectivity index (χ1v) is 11.9. The van der Waals surface area contributed by atoms with Crippen molar-refractivity contribution in [3.05, 3.63) is 51.2 Å². The maximum absolute atomic E-state index is 13.0. The van der Waals surface area contributed by atoms with E-state index in [1.807, 2.05) is 36.1 Å². The number of nitrogen functional groups attached to an aromatic ring is 1. The van der Waals surface area contributed by atoms with Crippen molar-refractivity contribution >= 4 is 29.4 Å². The van der Waals surface area contributed by atoms with Crippen molar-refractivity contribution in [2.45, 2.75) is 45.2 Å². The number of nitrogens with one attached hydrogen (secondary N) is 2. The molecule has 0 aliphatic carbocycles. The van der Waals surface area contributed by atoms with Crippen LogP contribution in [0.3, 0.4) is 0 Å². The molecule has 0 saturated carbocycles. The van der Waals surface area contributed by atoms with Crippen LogP contribution in [-0.2, 0) is 13.0 Å². The van der Waals surface area contributed by atoms with Crippen LogP contribution in [0, 0.1) is 5.92 Å². The van der Waals surface area contributed by atoms with E-state index in [1.165, 1.54) is 6.21 Å². The number of hydrogen-bond acceptors (Lipinski definition) is 7. The summed E-state index contributed by atoms with van der Waals surface area (Å²) < 4.78 is 40.7. The first kappa shape index (κ1) is 25.5. The Morgan fingerprint density at radius 1 is 1.28 bits per heavy atom. The van der Waals surface area contributed by atoms with Gasteiger partial charge in [0.1, 0.15) is 17.2 Å². The van der Waals surface area contributed by atoms with Gasteiger partial charge < -0.3 is 31.6 Å². The van der Waals surface area contributed by atoms with Crippen LogP contribution < -0.4 is 27.5 Å². The fraction of sp³-hybridized carbons (Fsp3) is 0.458. The van der Waals surface area contributed by atoms with Crippen molar-refractivity contribution < 1.29 is 18.0 Å². The van der Waals surface area contributed by atoms with Gasteiger partial charge in [-0.25, -0.2) is 4.99 Å². The molecule has 0 spiro atoms. The van der Waals surface area contributed by atoms with Gasteiger partial charge in [0.2, 0.25) is 5.43 Å². The van der Waals surface area contributed by atoms with E-state index >= 15 is 0 Å². The minimum atomic E-state index is -4.14. The number of hydrogen-bond donors (Lipinski definition) is 4. The van der Waals surface area contributed by atoms with E-state index in [2.05, 4.69) is 15.6 Å². The molecule has 2 aromatic rings. The summed E-state index contributed by atoms with van der Waals surface area (Å²) in [6.07, 6.45) is -1.91. The zero-order valence-corrected chi connectivity index (χ0v) is 19.9. The Labute approximate surface area is 206 Å². The molecule has 1 amide bonds. The second-order valence-corrected chi connectivity index (χ2v) is 9.06. The fourth-order valence-electron chi connectivity index (χ4n) is 4.73. The lowest BCUT2D eigenvalue weighted by Gasteiger charge is -2.33. The average Bonchev–Trinajstić information content (AvgIpc) is 2.83. The first-order valence-electron chi connectivity index (χ1n) is 11.9. The number of aliphatic imine (C=N–C) groups is 1. The third-order valence-corrected chi connectivity index (χ3v) is 6.67. The van der Waals surface area contributed by atoms with Gasteiger partial charge in [0.15, 0.2) is 6.29 Å². The zero-order chi connectivity index (χ0) is 26.0. The van der Waals surface area contributed by atoms with Gasteiger partial charge >= 0.3 is 6.18 Å². The molecule has 2 aliphatic heterocycles. The lowest BCUT2D eigenvalue weighted by Crippen LogP contribution is -2.42. The summed E-state index contributed by atoms with van der Waals surface area (Å²) in [5, 5.41) is 6.35. The number of amides is 1. The predicted molar refractivity (Wildman–Crippen MR) is 133 cm³/mol. The standard InChI is InChI=1S/C24H30F3N7O2/c1-2-34-20(28)18(21(29)36)19(35)17-12-30-23(32-22(17)34)31-16-7-5-14(6-8-16)9-11-33-10-3-4-15(13-33)24(25,26)27/h5-8,12,15,23,31-32H,2-4,9-11,13,28H2,1H3,(H2,29,36). The van der Waals surface area contributed by atoms with Crippen molar-refractivity contribution in [3.63, 3.8) is 0 Å². The number of benzene rings is 1. The Balaban J connectivity index is 1.39. The number of likely N-dealkylation sites (tertiary alicyclic amines) is 1. The molecule has 2 aliphatic rings. The SMILES string of the molecule is CCn1c(N)c(C(N)=O)c(=O)c2c1NC(Nc1ccc(CCN3CCCC(C(F)(F)F)C3)cc1)N=C2. The number of alkyl halides is 3. The molecule has 36 heavy (non-hydrogen) atoms. The Morgan fingerprint density at radius 3 is 2.64 bits per heavy atom. The van der Waals surface area contributed by atoms with E-state index < -0.39 is 29.7 Å². The third kappa shape index (κ3) is 5.32. The minimum absolute atomic E-state index is 0.00471. The topological polar surface area (TPSA) is 131 Å². The summed E-state index contributed by atoms with van der Waals surface area (Å²) in [4.78, 5) is 30.6. The number of pyridine rings is 1. The molecule has 1 aromatic carbocycles. The van der Waals surface area contributed by atoms with Crippen molar-refractivity contribution in [3.8, 4) is 0 Å². The van der Waals surface area contributed by atoms with E-state index in [9.17, 15) is 22.8 Å². The van der Waals surface area contributed by atoms with Crippen LogP contribution in [0.15, 0.2) is 34.1 Å². The molecule has 1 fully saturated rings. The van der Waals surface area contributed by atoms with Gasteiger partial charge in [-0.05, 0) is 50.4 Å². The van der Waals surface area contributed by atoms with E-state index in [-0.39, 0.29) is 29.9 Å². The average molecular weight is 506 g/mol. The molecule has 4 rings (SSSR count). The van der Waals surface area contributed by atoms with Gasteiger partial charge in [-0.15, -0.1) is 0 Å². The third-order valence-electron chi connectivity index (χ3n) is 6.67. The number of nitrogens with two attached hydrogens (primary N) is 2. The van der Waals surface area contributed by atoms with Crippen LogP contribution in [0.5, 0.6) is 0 Å². The second kappa shape index (κ2) is 10.2. The van der Waals surface area contributed by atoms with Crippen molar-refractivity contribution in [2.24, 2.45) is 16.6 Å². The number of carbonyl (C=O) groups excluding carboxylic acids is 1. The maximum Gasteiger partial charge on any atom is 0.393 e. The van der Waals surface area contributed by atoms with Crippen LogP contribution in [0.1, 0.15) is 41.3 Å². The largest absolute Gasteiger partial charge is 0.393 e. The highest BCUT2D eigenvalue weighted by atomic mass is 19.4. The monoisotopic (exact) mass is 505 g/mol. The molecular formula is C24H30F3N7O2. The van der Waals surface area contributed by atoms with Gasteiger partial charge in [-0.3, -0.25) is 9.59 Å². The summed E-state index contributed by atoms with van der Waals surface area (Å²) in [7, 11) is 0. The van der Waals surface area contributed by atoms with E-state index in [0.29, 0.717) is 38.3 Å². The Morgan fingerprint density at radius 2 is 2.00 bits per heavy atom. The normalized spacial score (nSPS) is 20.0. The summed E-state index contributed by atoms with van der Waals surface area (Å²) in [6, 6.07) is 7.59. The maximum atomic E-state index is 13.0. The number of rotatable bonds is 7. The molecule has 1 saturated heterocycles. The quantitative estimate of drug-likeness (QED) is 0.458. The number of primary amides is 1. The molecule has 9 nitrogen and oxygen atoms in total. The Bertz CT molecular complexity index is 1210. The summed E-state index contributed by atoms with van der Waals surface area (Å²) >= 11 is 0. The summed E-state index contributed by atoms with van der Waals surface area (Å²) in [5.41, 5.74) is 12.5. The highest BCUT2D eigenvalue weighted by Gasteiger charge is 2.41. The molecular weight excluding hydrogens is 475 g/mol. The number of piperidine rings is 1. The fourth-order valence-corrected chi connectivity index (χ4v) is 4.73. The first-order chi connectivity index (χ1) is 17.1. The molecule has 3 heterocycles. The minimum Gasteiger partial charge on any atom is -0.384 e. The molecule has 2 atom stereocenters. The van der Waals surface area contributed by atoms with Gasteiger partial charge in [0.05, 0.1) is 11.5 Å². The number of aromatic nitrogens is 1. The van der Waals surface area contributed by atoms with E-state index in [1.54, 1.807) is 4.57 Å². The van der Waals surface area contributed by atoms with Crippen LogP contribution in [-0.4, -0.2) is 53.7 Å². The number of fused-ring (bicyclic) bond motifs is 1. The van der Waals surface area contributed by atoms with Crippen molar-refractivity contribution in [1.29, 1.82) is 0 Å². The van der Waals surface area contributed by atoms with Crippen LogP contribution in [0.4, 0.5) is 30.5 Å². The number of anilines is 3. The molecule has 12 heteroatoms. The lowest BCUT2D eigenvalue weighted by atomic mass is 9.97. The predicted octanol–water partition coefficient (Wildman–Crippen LogP) is 2.61. The smallest absolute Gasteiger partial charge is 0.384 e. The van der Waals surface area contributed by atoms with Gasteiger partial charge in [-0.2, -0.15) is 13.2 Å². The number of halogens is 3. The van der Waals surface area contributed by atoms with Crippen LogP contribution in [0.2, 0.25) is 0 Å². The van der Waals surface area contributed by atoms with Gasteiger partial charge in [0, 0.05) is 31.5 Å². The molecule has 2 unspecified atom stereocenters. The zero-order valence-electron chi connectivity index (χ0n) is 19.9. The number of nitrogens with zero attached hydrogens (tertiary/aromatic N) is 3.